The van der Waals surface area contributed by atoms with Crippen LogP contribution < -0.4 is 5.32 Å². The summed E-state index contributed by atoms with van der Waals surface area (Å²) in [5, 5.41) is 2.93. The third-order valence-electron chi connectivity index (χ3n) is 3.98. The van der Waals surface area contributed by atoms with Gasteiger partial charge in [-0.1, -0.05) is 0 Å². The Hall–Kier alpha value is -2.35. The first kappa shape index (κ1) is 16.5. The van der Waals surface area contributed by atoms with Gasteiger partial charge in [0.15, 0.2) is 0 Å². The summed E-state index contributed by atoms with van der Waals surface area (Å²) >= 11 is 0. The minimum Gasteiger partial charge on any atom is -0.466 e. The average Bonchev–Trinajstić information content (AvgIpc) is 2.84. The van der Waals surface area contributed by atoms with E-state index in [1.165, 1.54) is 0 Å². The largest absolute Gasteiger partial charge is 0.466 e. The molecule has 0 aliphatic carbocycles. The minimum atomic E-state index is -3.39. The van der Waals surface area contributed by atoms with Crippen LogP contribution in [0.2, 0.25) is 0 Å². The summed E-state index contributed by atoms with van der Waals surface area (Å²) in [5.41, 5.74) is 1.39. The van der Waals surface area contributed by atoms with Crippen LogP contribution in [-0.4, -0.2) is 37.4 Å². The topological polar surface area (TPSA) is 92.0 Å². The Morgan fingerprint density at radius 3 is 2.79 bits per heavy atom. The maximum Gasteiger partial charge on any atom is 0.256 e. The number of nitrogens with one attached hydrogen (secondary N) is 1. The number of hydrogen-bond acceptors (Lipinski definition) is 5. The van der Waals surface area contributed by atoms with E-state index >= 15 is 0 Å². The van der Waals surface area contributed by atoms with Crippen LogP contribution in [0.25, 0.3) is 0 Å². The first-order valence-electron chi connectivity index (χ1n) is 7.62. The van der Waals surface area contributed by atoms with Crippen LogP contribution in [-0.2, 0) is 14.8 Å². The summed E-state index contributed by atoms with van der Waals surface area (Å²) in [6.45, 7) is 5.91. The molecule has 0 bridgehead atoms. The molecule has 7 nitrogen and oxygen atoms in total. The zero-order chi connectivity index (χ0) is 17.5. The van der Waals surface area contributed by atoms with Crippen LogP contribution in [0.1, 0.15) is 30.0 Å². The lowest BCUT2D eigenvalue weighted by Crippen LogP contribution is -2.38. The van der Waals surface area contributed by atoms with Gasteiger partial charge in [0.2, 0.25) is 0 Å². The van der Waals surface area contributed by atoms with Gasteiger partial charge in [-0.15, -0.1) is 4.40 Å². The molecule has 2 aliphatic heterocycles. The molecular weight excluding hydrogens is 330 g/mol. The monoisotopic (exact) mass is 349 g/mol. The number of amides is 1. The van der Waals surface area contributed by atoms with E-state index in [0.29, 0.717) is 11.4 Å². The zero-order valence-corrected chi connectivity index (χ0v) is 14.6. The summed E-state index contributed by atoms with van der Waals surface area (Å²) in [6, 6.07) is 1.71. The molecule has 0 radical (unpaired) electrons. The molecule has 0 unspecified atom stereocenters. The molecule has 1 atom stereocenters. The Labute approximate surface area is 140 Å². The molecule has 24 heavy (non-hydrogen) atoms. The SMILES string of the molecule is Cc1cc([C@H](C)NC(=O)C2=CN3CCS(=O)(=O)N=C3C=C2)c(C)o1. The van der Waals surface area contributed by atoms with Crippen molar-refractivity contribution in [1.29, 1.82) is 0 Å². The number of carbonyl (C=O) groups is 1. The van der Waals surface area contributed by atoms with Gasteiger partial charge in [0.25, 0.3) is 15.9 Å². The Balaban J connectivity index is 1.74. The van der Waals surface area contributed by atoms with Crippen LogP contribution in [0.3, 0.4) is 0 Å². The number of furan rings is 1. The lowest BCUT2D eigenvalue weighted by Gasteiger charge is -2.27. The van der Waals surface area contributed by atoms with Crippen molar-refractivity contribution in [2.75, 3.05) is 12.3 Å². The van der Waals surface area contributed by atoms with Gasteiger partial charge in [-0.3, -0.25) is 4.79 Å². The molecule has 0 spiro atoms. The van der Waals surface area contributed by atoms with E-state index in [9.17, 15) is 13.2 Å². The average molecular weight is 349 g/mol. The van der Waals surface area contributed by atoms with Crippen LogP contribution in [0.5, 0.6) is 0 Å². The highest BCUT2D eigenvalue weighted by Gasteiger charge is 2.25. The van der Waals surface area contributed by atoms with E-state index in [2.05, 4.69) is 9.71 Å². The van der Waals surface area contributed by atoms with Crippen molar-refractivity contribution in [3.05, 3.63) is 47.1 Å². The zero-order valence-electron chi connectivity index (χ0n) is 13.7. The van der Waals surface area contributed by atoms with Crippen molar-refractivity contribution in [3.63, 3.8) is 0 Å². The predicted molar refractivity (Wildman–Crippen MR) is 89.9 cm³/mol. The molecule has 1 amide bonds. The summed E-state index contributed by atoms with van der Waals surface area (Å²) in [7, 11) is -3.39. The second kappa shape index (κ2) is 5.94. The quantitative estimate of drug-likeness (QED) is 0.894. The van der Waals surface area contributed by atoms with Gasteiger partial charge in [-0.2, -0.15) is 0 Å². The third-order valence-corrected chi connectivity index (χ3v) is 5.14. The van der Waals surface area contributed by atoms with Gasteiger partial charge in [0, 0.05) is 18.3 Å². The lowest BCUT2D eigenvalue weighted by atomic mass is 10.1. The number of rotatable bonds is 3. The molecular formula is C16H19N3O4S. The summed E-state index contributed by atoms with van der Waals surface area (Å²) < 4.78 is 32.2. The molecule has 3 heterocycles. The maximum absolute atomic E-state index is 12.5. The molecule has 0 aromatic carbocycles. The van der Waals surface area contributed by atoms with Gasteiger partial charge in [0.05, 0.1) is 17.4 Å². The van der Waals surface area contributed by atoms with Crippen molar-refractivity contribution in [2.45, 2.75) is 26.8 Å². The highest BCUT2D eigenvalue weighted by molar-refractivity contribution is 7.90. The lowest BCUT2D eigenvalue weighted by molar-refractivity contribution is -0.117. The van der Waals surface area contributed by atoms with Gasteiger partial charge < -0.3 is 14.6 Å². The van der Waals surface area contributed by atoms with Gasteiger partial charge in [-0.25, -0.2) is 8.42 Å². The third kappa shape index (κ3) is 3.28. The highest BCUT2D eigenvalue weighted by atomic mass is 32.2. The fourth-order valence-electron chi connectivity index (χ4n) is 2.77. The molecule has 0 fully saturated rings. The molecule has 1 aromatic rings. The Bertz CT molecular complexity index is 877. The van der Waals surface area contributed by atoms with Crippen molar-refractivity contribution in [1.82, 2.24) is 10.2 Å². The second-order valence-corrected chi connectivity index (χ2v) is 7.67. The molecule has 0 saturated heterocycles. The Kier molecular flexibility index (Phi) is 4.08. The van der Waals surface area contributed by atoms with E-state index in [-0.39, 0.29) is 24.2 Å². The predicted octanol–water partition coefficient (Wildman–Crippen LogP) is 1.57. The number of carbonyl (C=O) groups excluding carboxylic acids is 1. The first-order valence-corrected chi connectivity index (χ1v) is 9.23. The van der Waals surface area contributed by atoms with Crippen molar-refractivity contribution in [2.24, 2.45) is 4.40 Å². The van der Waals surface area contributed by atoms with E-state index in [4.69, 9.17) is 4.42 Å². The Morgan fingerprint density at radius 2 is 2.12 bits per heavy atom. The second-order valence-electron chi connectivity index (χ2n) is 5.91. The van der Waals surface area contributed by atoms with Crippen molar-refractivity contribution in [3.8, 4) is 0 Å². The van der Waals surface area contributed by atoms with E-state index in [0.717, 1.165) is 17.1 Å². The molecule has 0 saturated carbocycles. The standard InChI is InChI=1S/C16H19N3O4S/c1-10-8-14(12(3)23-10)11(2)17-16(20)13-4-5-15-18-24(21,22)7-6-19(15)9-13/h4-5,8-9,11H,6-7H2,1-3H3,(H,17,20)/t11-/m0/s1. The van der Waals surface area contributed by atoms with E-state index in [1.54, 1.807) is 23.3 Å². The van der Waals surface area contributed by atoms with Gasteiger partial charge >= 0.3 is 0 Å². The summed E-state index contributed by atoms with van der Waals surface area (Å²) in [6.07, 6.45) is 4.75. The van der Waals surface area contributed by atoms with Gasteiger partial charge in [-0.05, 0) is 39.0 Å². The van der Waals surface area contributed by atoms with E-state index < -0.39 is 10.0 Å². The van der Waals surface area contributed by atoms with Crippen LogP contribution in [0.4, 0.5) is 0 Å². The number of nitrogens with zero attached hydrogens (tertiary/aromatic N) is 2. The summed E-state index contributed by atoms with van der Waals surface area (Å²) in [5.74, 6) is 1.64. The fourth-order valence-corrected chi connectivity index (χ4v) is 3.74. The van der Waals surface area contributed by atoms with Crippen LogP contribution in [0, 0.1) is 13.8 Å². The van der Waals surface area contributed by atoms with Crippen molar-refractivity contribution >= 4 is 21.8 Å². The molecule has 1 aromatic heterocycles. The number of sulfonamides is 1. The molecule has 8 heteroatoms. The van der Waals surface area contributed by atoms with Crippen LogP contribution >= 0.6 is 0 Å². The molecule has 128 valence electrons. The number of hydrogen-bond donors (Lipinski definition) is 1. The smallest absolute Gasteiger partial charge is 0.256 e. The first-order chi connectivity index (χ1) is 11.2. The van der Waals surface area contributed by atoms with Gasteiger partial charge in [0.1, 0.15) is 17.4 Å². The van der Waals surface area contributed by atoms with E-state index in [1.807, 2.05) is 26.8 Å². The minimum absolute atomic E-state index is 0.0559. The Morgan fingerprint density at radius 1 is 1.38 bits per heavy atom. The van der Waals surface area contributed by atoms with Crippen LogP contribution in [0.15, 0.2) is 38.8 Å². The number of aryl methyl sites for hydroxylation is 2. The number of amidine groups is 1. The fraction of sp³-hybridized carbons (Fsp3) is 0.375. The summed E-state index contributed by atoms with van der Waals surface area (Å²) in [4.78, 5) is 14.1. The molecule has 1 N–H and O–H groups in total. The van der Waals surface area contributed by atoms with Crippen molar-refractivity contribution < 1.29 is 17.6 Å². The molecule has 2 aliphatic rings. The number of fused-ring (bicyclic) bond motifs is 1. The molecule has 3 rings (SSSR count). The maximum atomic E-state index is 12.5. The highest BCUT2D eigenvalue weighted by Crippen LogP contribution is 2.22. The normalized spacial score (nSPS) is 20.0.